The van der Waals surface area contributed by atoms with Gasteiger partial charge in [0.1, 0.15) is 11.6 Å². The van der Waals surface area contributed by atoms with Gasteiger partial charge in [0.05, 0.1) is 11.3 Å². The van der Waals surface area contributed by atoms with Gasteiger partial charge in [-0.25, -0.2) is 0 Å². The molecule has 1 aliphatic rings. The Kier molecular flexibility index (Phi) is 4.24. The Morgan fingerprint density at radius 3 is 2.90 bits per heavy atom. The van der Waals surface area contributed by atoms with Crippen molar-refractivity contribution in [2.24, 2.45) is 0 Å². The van der Waals surface area contributed by atoms with Crippen LogP contribution in [0.3, 0.4) is 0 Å². The van der Waals surface area contributed by atoms with Crippen LogP contribution in [0.4, 0.5) is 5.69 Å². The topological polar surface area (TPSA) is 56.1 Å². The van der Waals surface area contributed by atoms with Crippen molar-refractivity contribution in [1.29, 1.82) is 5.26 Å². The van der Waals surface area contributed by atoms with Gasteiger partial charge in [-0.2, -0.15) is 5.26 Å². The number of rotatable bonds is 3. The lowest BCUT2D eigenvalue weighted by Gasteiger charge is -2.43. The molecule has 0 aromatic heterocycles. The van der Waals surface area contributed by atoms with E-state index in [4.69, 9.17) is 0 Å². The maximum atomic E-state index is 12.1. The number of piperazine rings is 1. The van der Waals surface area contributed by atoms with Crippen LogP contribution >= 0.6 is 11.8 Å². The molecule has 0 atom stereocenters. The molecule has 1 saturated heterocycles. The summed E-state index contributed by atoms with van der Waals surface area (Å²) in [5.74, 6) is 0.920. The van der Waals surface area contributed by atoms with E-state index in [1.54, 1.807) is 11.8 Å². The first-order valence-electron chi connectivity index (χ1n) is 6.74. The zero-order valence-electron chi connectivity index (χ0n) is 12.1. The van der Waals surface area contributed by atoms with Crippen LogP contribution in [-0.4, -0.2) is 30.3 Å². The largest absolute Gasteiger partial charge is 0.355 e. The van der Waals surface area contributed by atoms with Crippen molar-refractivity contribution in [2.75, 3.05) is 23.7 Å². The van der Waals surface area contributed by atoms with Gasteiger partial charge in [0, 0.05) is 18.0 Å². The highest BCUT2D eigenvalue weighted by Gasteiger charge is 2.38. The number of nitriles is 1. The average Bonchev–Trinajstić information content (AvgIpc) is 2.42. The van der Waals surface area contributed by atoms with Crippen LogP contribution in [0.5, 0.6) is 0 Å². The molecule has 2 rings (SSSR count). The summed E-state index contributed by atoms with van der Waals surface area (Å²) in [6.07, 6.45) is 0. The van der Waals surface area contributed by atoms with E-state index in [9.17, 15) is 10.1 Å². The molecule has 1 N–H and O–H groups in total. The second kappa shape index (κ2) is 5.76. The van der Waals surface area contributed by atoms with Gasteiger partial charge in [0.2, 0.25) is 5.91 Å². The highest BCUT2D eigenvalue weighted by Crippen LogP contribution is 2.34. The van der Waals surface area contributed by atoms with Crippen molar-refractivity contribution in [2.45, 2.75) is 31.2 Å². The van der Waals surface area contributed by atoms with Crippen molar-refractivity contribution in [3.8, 4) is 6.07 Å². The molecule has 106 valence electrons. The second-order valence-corrected chi connectivity index (χ2v) is 6.47. The standard InChI is InChI=1S/C15H19N3OS/c1-4-20-13-7-5-6-12(11(13)10-16)18-9-8-17-14(19)15(18,2)3/h5-7H,4,8-9H2,1-3H3,(H,17,19). The molecule has 4 nitrogen and oxygen atoms in total. The summed E-state index contributed by atoms with van der Waals surface area (Å²) >= 11 is 1.66. The molecule has 0 spiro atoms. The van der Waals surface area contributed by atoms with Gasteiger partial charge in [0.25, 0.3) is 0 Å². The summed E-state index contributed by atoms with van der Waals surface area (Å²) < 4.78 is 0. The zero-order valence-corrected chi connectivity index (χ0v) is 12.9. The Hall–Kier alpha value is -1.67. The van der Waals surface area contributed by atoms with E-state index in [1.807, 2.05) is 36.9 Å². The number of nitrogens with one attached hydrogen (secondary N) is 1. The summed E-state index contributed by atoms with van der Waals surface area (Å²) in [4.78, 5) is 15.1. The Morgan fingerprint density at radius 2 is 2.25 bits per heavy atom. The Bertz CT molecular complexity index is 563. The summed E-state index contributed by atoms with van der Waals surface area (Å²) in [5, 5.41) is 12.4. The zero-order chi connectivity index (χ0) is 14.8. The highest BCUT2D eigenvalue weighted by atomic mass is 32.2. The number of anilines is 1. The van der Waals surface area contributed by atoms with Crippen LogP contribution in [0, 0.1) is 11.3 Å². The number of thioether (sulfide) groups is 1. The van der Waals surface area contributed by atoms with Gasteiger partial charge in [0.15, 0.2) is 0 Å². The van der Waals surface area contributed by atoms with Gasteiger partial charge in [-0.05, 0) is 31.7 Å². The fourth-order valence-corrected chi connectivity index (χ4v) is 3.23. The van der Waals surface area contributed by atoms with E-state index < -0.39 is 5.54 Å². The van der Waals surface area contributed by atoms with Gasteiger partial charge in [-0.15, -0.1) is 11.8 Å². The van der Waals surface area contributed by atoms with Crippen LogP contribution in [0.25, 0.3) is 0 Å². The number of hydrogen-bond acceptors (Lipinski definition) is 4. The first-order valence-corrected chi connectivity index (χ1v) is 7.72. The molecule has 1 fully saturated rings. The molecular formula is C15H19N3OS. The SMILES string of the molecule is CCSc1cccc(N2CCNC(=O)C2(C)C)c1C#N. The number of amides is 1. The van der Waals surface area contributed by atoms with Crippen LogP contribution in [0.2, 0.25) is 0 Å². The molecule has 5 heteroatoms. The summed E-state index contributed by atoms with van der Waals surface area (Å²) in [7, 11) is 0. The van der Waals surface area contributed by atoms with Crippen molar-refractivity contribution in [1.82, 2.24) is 5.32 Å². The molecule has 1 aromatic carbocycles. The summed E-state index contributed by atoms with van der Waals surface area (Å²) in [5.41, 5.74) is 0.882. The molecular weight excluding hydrogens is 270 g/mol. The minimum atomic E-state index is -0.640. The predicted molar refractivity (Wildman–Crippen MR) is 82.0 cm³/mol. The smallest absolute Gasteiger partial charge is 0.245 e. The van der Waals surface area contributed by atoms with Crippen molar-refractivity contribution in [3.05, 3.63) is 23.8 Å². The van der Waals surface area contributed by atoms with Crippen LogP contribution in [-0.2, 0) is 4.79 Å². The normalized spacial score (nSPS) is 17.5. The predicted octanol–water partition coefficient (Wildman–Crippen LogP) is 2.39. The Balaban J connectivity index is 2.49. The first kappa shape index (κ1) is 14.7. The average molecular weight is 289 g/mol. The third-order valence-electron chi connectivity index (χ3n) is 3.56. The Labute approximate surface area is 124 Å². The third kappa shape index (κ3) is 2.48. The molecule has 20 heavy (non-hydrogen) atoms. The number of carbonyl (C=O) groups excluding carboxylic acids is 1. The number of benzene rings is 1. The molecule has 0 aliphatic carbocycles. The van der Waals surface area contributed by atoms with E-state index in [-0.39, 0.29) is 5.91 Å². The van der Waals surface area contributed by atoms with Gasteiger partial charge in [-0.1, -0.05) is 13.0 Å². The maximum Gasteiger partial charge on any atom is 0.245 e. The van der Waals surface area contributed by atoms with Crippen molar-refractivity contribution >= 4 is 23.4 Å². The van der Waals surface area contributed by atoms with E-state index in [1.165, 1.54) is 0 Å². The monoisotopic (exact) mass is 289 g/mol. The lowest BCUT2D eigenvalue weighted by Crippen LogP contribution is -2.62. The summed E-state index contributed by atoms with van der Waals surface area (Å²) in [6, 6.07) is 8.15. The van der Waals surface area contributed by atoms with Crippen LogP contribution in [0.1, 0.15) is 26.3 Å². The lowest BCUT2D eigenvalue weighted by molar-refractivity contribution is -0.126. The van der Waals surface area contributed by atoms with E-state index in [0.29, 0.717) is 18.7 Å². The van der Waals surface area contributed by atoms with Crippen LogP contribution in [0.15, 0.2) is 23.1 Å². The molecule has 0 bridgehead atoms. The third-order valence-corrected chi connectivity index (χ3v) is 4.50. The summed E-state index contributed by atoms with van der Waals surface area (Å²) in [6.45, 7) is 7.17. The lowest BCUT2D eigenvalue weighted by atomic mass is 9.96. The fourth-order valence-electron chi connectivity index (χ4n) is 2.45. The minimum absolute atomic E-state index is 0.00110. The van der Waals surface area contributed by atoms with Crippen molar-refractivity contribution < 1.29 is 4.79 Å². The fraction of sp³-hybridized carbons (Fsp3) is 0.467. The first-order chi connectivity index (χ1) is 9.52. The van der Waals surface area contributed by atoms with Gasteiger partial charge >= 0.3 is 0 Å². The molecule has 1 aromatic rings. The molecule has 0 radical (unpaired) electrons. The minimum Gasteiger partial charge on any atom is -0.355 e. The highest BCUT2D eigenvalue weighted by molar-refractivity contribution is 7.99. The van der Waals surface area contributed by atoms with Gasteiger partial charge in [-0.3, -0.25) is 4.79 Å². The van der Waals surface area contributed by atoms with Crippen molar-refractivity contribution in [3.63, 3.8) is 0 Å². The van der Waals surface area contributed by atoms with E-state index in [2.05, 4.69) is 18.3 Å². The molecule has 1 amide bonds. The second-order valence-electron chi connectivity index (χ2n) is 5.16. The molecule has 1 heterocycles. The van der Waals surface area contributed by atoms with Gasteiger partial charge < -0.3 is 10.2 Å². The van der Waals surface area contributed by atoms with Crippen LogP contribution < -0.4 is 10.2 Å². The van der Waals surface area contributed by atoms with E-state index >= 15 is 0 Å². The molecule has 0 unspecified atom stereocenters. The Morgan fingerprint density at radius 1 is 1.50 bits per heavy atom. The quantitative estimate of drug-likeness (QED) is 0.868. The molecule has 1 aliphatic heterocycles. The molecule has 0 saturated carbocycles. The number of nitrogens with zero attached hydrogens (tertiary/aromatic N) is 2. The number of carbonyl (C=O) groups is 1. The number of hydrogen-bond donors (Lipinski definition) is 1. The van der Waals surface area contributed by atoms with E-state index in [0.717, 1.165) is 16.3 Å². The maximum absolute atomic E-state index is 12.1.